The molecule has 442 valence electrons. The van der Waals surface area contributed by atoms with Gasteiger partial charge in [-0.2, -0.15) is 0 Å². The third kappa shape index (κ3) is 56.3. The van der Waals surface area contributed by atoms with E-state index < -0.39 is 57.8 Å². The Bertz CT molecular complexity index is 1820. The van der Waals surface area contributed by atoms with Gasteiger partial charge in [0.25, 0.3) is 0 Å². The van der Waals surface area contributed by atoms with Crippen molar-refractivity contribution < 1.29 is 52.2 Å². The summed E-state index contributed by atoms with van der Waals surface area (Å²) in [5, 5.41) is 9.83. The van der Waals surface area contributed by atoms with Gasteiger partial charge in [-0.25, -0.2) is 4.57 Å². The lowest BCUT2D eigenvalue weighted by Crippen LogP contribution is -2.30. The topological polar surface area (TPSA) is 155 Å². The second-order valence-electron chi connectivity index (χ2n) is 19.4. The number of phosphoric acid groups is 1. The Kier molecular flexibility index (Phi) is 55.5. The van der Waals surface area contributed by atoms with E-state index in [1.807, 2.05) is 12.2 Å². The zero-order valence-electron chi connectivity index (χ0n) is 48.8. The molecule has 12 heteroatoms. The number of aliphatic hydroxyl groups is 1. The normalized spacial score (nSPS) is 14.3. The zero-order chi connectivity index (χ0) is 56.9. The molecule has 0 spiro atoms. The van der Waals surface area contributed by atoms with E-state index in [0.29, 0.717) is 25.7 Å². The fourth-order valence-corrected chi connectivity index (χ4v) is 8.31. The van der Waals surface area contributed by atoms with E-state index in [0.717, 1.165) is 141 Å². The number of carbonyl (C=O) groups is 3. The van der Waals surface area contributed by atoms with Gasteiger partial charge in [0, 0.05) is 19.3 Å². The molecule has 0 saturated heterocycles. The standard InChI is InChI=1S/C66H107O11P/c1-4-7-10-13-16-19-22-25-28-30-31-33-35-37-40-43-46-49-52-55-64(68)73-59-63(77-66(70)57-54-51-48-45-42-39-36-32-29-26-23-20-17-14-11-8-5-2)61-75-78(71,72)74-60-62(58-67)76-65(69)56-53-50-47-44-41-38-34-27-24-21-18-15-12-9-6-3/h7-8,10-11,16-21,25-29,31,33-34,36,39,45,48,62-63,67H,4-6,9,12-15,22-24,30,32,35,37-38,40-44,46-47,49-61H2,1-3H3,(H,71,72)/b10-7-,11-8-,19-16-,20-17-,21-18-,28-25-,29-26-,33-31-,34-27-,39-36-,48-45-. The number of rotatable bonds is 54. The first-order chi connectivity index (χ1) is 38.2. The maximum absolute atomic E-state index is 12.9. The van der Waals surface area contributed by atoms with Gasteiger partial charge in [-0.15, -0.1) is 0 Å². The molecule has 0 saturated carbocycles. The van der Waals surface area contributed by atoms with Crippen LogP contribution in [0, 0.1) is 0 Å². The average molecular weight is 1110 g/mol. The molecule has 0 aliphatic heterocycles. The molecule has 0 aromatic rings. The molecular formula is C66H107O11P. The minimum atomic E-state index is -4.78. The van der Waals surface area contributed by atoms with Crippen molar-refractivity contribution in [2.75, 3.05) is 26.4 Å². The summed E-state index contributed by atoms with van der Waals surface area (Å²) >= 11 is 0. The fraction of sp³-hybridized carbons (Fsp3) is 0.621. The highest BCUT2D eigenvalue weighted by Gasteiger charge is 2.28. The first-order valence-corrected chi connectivity index (χ1v) is 31.6. The second kappa shape index (κ2) is 58.8. The molecule has 0 fully saturated rings. The number of ether oxygens (including phenoxy) is 3. The van der Waals surface area contributed by atoms with Gasteiger partial charge < -0.3 is 24.2 Å². The highest BCUT2D eigenvalue weighted by Crippen LogP contribution is 2.43. The predicted molar refractivity (Wildman–Crippen MR) is 325 cm³/mol. The van der Waals surface area contributed by atoms with Crippen LogP contribution in [0.25, 0.3) is 0 Å². The third-order valence-corrected chi connectivity index (χ3v) is 13.0. The first kappa shape index (κ1) is 73.6. The quantitative estimate of drug-likeness (QED) is 0.0197. The number of unbranched alkanes of at least 4 members (excludes halogenated alkanes) is 15. The van der Waals surface area contributed by atoms with Crippen LogP contribution < -0.4 is 0 Å². The Hall–Kier alpha value is -4.38. The minimum Gasteiger partial charge on any atom is -0.462 e. The Morgan fingerprint density at radius 1 is 0.372 bits per heavy atom. The summed E-state index contributed by atoms with van der Waals surface area (Å²) in [4.78, 5) is 48.6. The summed E-state index contributed by atoms with van der Waals surface area (Å²) in [6.07, 6.45) is 74.1. The molecule has 0 aromatic heterocycles. The molecular weight excluding hydrogens is 1000 g/mol. The number of carbonyl (C=O) groups excluding carboxylic acids is 3. The van der Waals surface area contributed by atoms with E-state index in [4.69, 9.17) is 23.3 Å². The Labute approximate surface area is 474 Å². The lowest BCUT2D eigenvalue weighted by molar-refractivity contribution is -0.161. The molecule has 0 rings (SSSR count). The zero-order valence-corrected chi connectivity index (χ0v) is 49.7. The fourth-order valence-electron chi connectivity index (χ4n) is 7.53. The molecule has 0 aliphatic carbocycles. The van der Waals surface area contributed by atoms with Gasteiger partial charge in [0.1, 0.15) is 12.7 Å². The van der Waals surface area contributed by atoms with Crippen molar-refractivity contribution in [3.8, 4) is 0 Å². The summed E-state index contributed by atoms with van der Waals surface area (Å²) in [5.74, 6) is -1.58. The van der Waals surface area contributed by atoms with Crippen LogP contribution in [0.4, 0.5) is 0 Å². The van der Waals surface area contributed by atoms with E-state index in [1.165, 1.54) is 19.3 Å². The van der Waals surface area contributed by atoms with Gasteiger partial charge >= 0.3 is 25.7 Å². The van der Waals surface area contributed by atoms with Crippen LogP contribution in [0.1, 0.15) is 226 Å². The van der Waals surface area contributed by atoms with Crippen molar-refractivity contribution in [2.45, 2.75) is 238 Å². The van der Waals surface area contributed by atoms with Gasteiger partial charge in [-0.1, -0.05) is 212 Å². The van der Waals surface area contributed by atoms with Crippen LogP contribution in [0.15, 0.2) is 134 Å². The maximum atomic E-state index is 12.9. The molecule has 2 N–H and O–H groups in total. The van der Waals surface area contributed by atoms with E-state index >= 15 is 0 Å². The smallest absolute Gasteiger partial charge is 0.462 e. The van der Waals surface area contributed by atoms with Gasteiger partial charge in [0.2, 0.25) is 0 Å². The van der Waals surface area contributed by atoms with Crippen LogP contribution in [-0.4, -0.2) is 66.5 Å². The monoisotopic (exact) mass is 1110 g/mol. The number of hydrogen-bond donors (Lipinski definition) is 2. The summed E-state index contributed by atoms with van der Waals surface area (Å²) < 4.78 is 39.5. The van der Waals surface area contributed by atoms with Gasteiger partial charge in [-0.05, 0) is 128 Å². The molecule has 0 bridgehead atoms. The first-order valence-electron chi connectivity index (χ1n) is 30.1. The van der Waals surface area contributed by atoms with Crippen molar-refractivity contribution in [3.63, 3.8) is 0 Å². The SMILES string of the molecule is CC/C=C\C/C=C\C/C=C\C/C=C\C/C=C\CCCC(=O)OC(COC(=O)CCCCCCCC/C=C\C/C=C\C/C=C\C/C=C\CC)COP(=O)(O)OCC(CO)OC(=O)CCCCCCC/C=C\C/C=C\CCCCC. The molecule has 3 unspecified atom stereocenters. The summed E-state index contributed by atoms with van der Waals surface area (Å²) in [5.41, 5.74) is 0. The molecule has 3 atom stereocenters. The van der Waals surface area contributed by atoms with Crippen molar-refractivity contribution in [1.29, 1.82) is 0 Å². The molecule has 0 heterocycles. The lowest BCUT2D eigenvalue weighted by atomic mass is 10.1. The van der Waals surface area contributed by atoms with E-state index in [9.17, 15) is 28.9 Å². The largest absolute Gasteiger partial charge is 0.472 e. The van der Waals surface area contributed by atoms with Crippen molar-refractivity contribution in [3.05, 3.63) is 134 Å². The molecule has 0 aliphatic rings. The Morgan fingerprint density at radius 3 is 1.08 bits per heavy atom. The molecule has 0 amide bonds. The minimum absolute atomic E-state index is 0.0776. The van der Waals surface area contributed by atoms with Gasteiger partial charge in [0.15, 0.2) is 6.10 Å². The Morgan fingerprint density at radius 2 is 0.679 bits per heavy atom. The predicted octanol–water partition coefficient (Wildman–Crippen LogP) is 18.1. The van der Waals surface area contributed by atoms with E-state index in [1.54, 1.807) is 0 Å². The number of aliphatic hydroxyl groups excluding tert-OH is 1. The number of allylic oxidation sites excluding steroid dienone is 22. The van der Waals surface area contributed by atoms with Gasteiger partial charge in [0.05, 0.1) is 19.8 Å². The van der Waals surface area contributed by atoms with E-state index in [-0.39, 0.29) is 25.9 Å². The molecule has 11 nitrogen and oxygen atoms in total. The highest BCUT2D eigenvalue weighted by atomic mass is 31.2. The van der Waals surface area contributed by atoms with Crippen LogP contribution in [-0.2, 0) is 42.2 Å². The third-order valence-electron chi connectivity index (χ3n) is 12.0. The molecule has 0 aromatic carbocycles. The van der Waals surface area contributed by atoms with Crippen LogP contribution in [0.2, 0.25) is 0 Å². The second-order valence-corrected chi connectivity index (χ2v) is 20.8. The van der Waals surface area contributed by atoms with Gasteiger partial charge in [-0.3, -0.25) is 23.4 Å². The summed E-state index contributed by atoms with van der Waals surface area (Å²) in [6.45, 7) is 4.28. The average Bonchev–Trinajstić information content (AvgIpc) is 3.43. The molecule has 0 radical (unpaired) electrons. The highest BCUT2D eigenvalue weighted by molar-refractivity contribution is 7.47. The van der Waals surface area contributed by atoms with Crippen LogP contribution >= 0.6 is 7.82 Å². The number of phosphoric ester groups is 1. The Balaban J connectivity index is 4.85. The summed E-state index contributed by atoms with van der Waals surface area (Å²) in [6, 6.07) is 0. The number of esters is 3. The van der Waals surface area contributed by atoms with E-state index in [2.05, 4.69) is 142 Å². The van der Waals surface area contributed by atoms with Crippen molar-refractivity contribution in [2.24, 2.45) is 0 Å². The number of hydrogen-bond acceptors (Lipinski definition) is 10. The summed E-state index contributed by atoms with van der Waals surface area (Å²) in [7, 11) is -4.78. The van der Waals surface area contributed by atoms with Crippen molar-refractivity contribution >= 4 is 25.7 Å². The van der Waals surface area contributed by atoms with Crippen molar-refractivity contribution in [1.82, 2.24) is 0 Å². The maximum Gasteiger partial charge on any atom is 0.472 e. The van der Waals surface area contributed by atoms with Crippen LogP contribution in [0.3, 0.4) is 0 Å². The van der Waals surface area contributed by atoms with Crippen LogP contribution in [0.5, 0.6) is 0 Å². The lowest BCUT2D eigenvalue weighted by Gasteiger charge is -2.21. The molecule has 78 heavy (non-hydrogen) atoms.